The number of nitrogens with two attached hydrogens (primary N) is 1. The van der Waals surface area contributed by atoms with Crippen molar-refractivity contribution < 1.29 is 4.79 Å². The largest absolute Gasteiger partial charge is 0.370 e. The molecule has 1 aliphatic heterocycles. The lowest BCUT2D eigenvalue weighted by molar-refractivity contribution is -0.130. The van der Waals surface area contributed by atoms with Crippen molar-refractivity contribution in [2.75, 3.05) is 25.0 Å². The predicted octanol–water partition coefficient (Wildman–Crippen LogP) is 3.51. The lowest BCUT2D eigenvalue weighted by Gasteiger charge is -2.31. The van der Waals surface area contributed by atoms with Gasteiger partial charge < -0.3 is 16.0 Å². The lowest BCUT2D eigenvalue weighted by atomic mass is 9.90. The second-order valence-corrected chi connectivity index (χ2v) is 7.72. The standard InChI is InChI=1S/C23H30N4O/c1-17-12-18(2)14-21(13-17)26-23(24)25-16-22(28)27-10-8-20(9-11-27)15-19-6-4-3-5-7-19/h3-7,12-14,20H,8-11,15-16H2,1-2H3,(H3,24,25,26). The predicted molar refractivity (Wildman–Crippen MR) is 115 cm³/mol. The molecule has 0 aliphatic carbocycles. The highest BCUT2D eigenvalue weighted by Gasteiger charge is 2.22. The highest BCUT2D eigenvalue weighted by Crippen LogP contribution is 2.21. The number of aliphatic imine (C=N–C) groups is 1. The van der Waals surface area contributed by atoms with Crippen molar-refractivity contribution in [1.82, 2.24) is 4.90 Å². The first-order chi connectivity index (χ1) is 13.5. The minimum atomic E-state index is 0.0448. The number of likely N-dealkylation sites (tertiary alicyclic amines) is 1. The summed E-state index contributed by atoms with van der Waals surface area (Å²) in [5, 5.41) is 3.07. The van der Waals surface area contributed by atoms with Gasteiger partial charge in [0, 0.05) is 18.8 Å². The van der Waals surface area contributed by atoms with Crippen molar-refractivity contribution in [1.29, 1.82) is 0 Å². The molecule has 1 amide bonds. The molecule has 0 spiro atoms. The summed E-state index contributed by atoms with van der Waals surface area (Å²) in [6.45, 7) is 5.77. The molecule has 148 valence electrons. The minimum Gasteiger partial charge on any atom is -0.370 e. The van der Waals surface area contributed by atoms with Crippen molar-refractivity contribution in [2.45, 2.75) is 33.1 Å². The molecule has 1 aliphatic rings. The van der Waals surface area contributed by atoms with Crippen molar-refractivity contribution in [3.63, 3.8) is 0 Å². The summed E-state index contributed by atoms with van der Waals surface area (Å²) in [6, 6.07) is 16.7. The molecule has 28 heavy (non-hydrogen) atoms. The van der Waals surface area contributed by atoms with Crippen molar-refractivity contribution >= 4 is 17.6 Å². The molecule has 0 atom stereocenters. The first-order valence-electron chi connectivity index (χ1n) is 9.96. The smallest absolute Gasteiger partial charge is 0.244 e. The van der Waals surface area contributed by atoms with E-state index in [9.17, 15) is 4.79 Å². The third kappa shape index (κ3) is 5.84. The summed E-state index contributed by atoms with van der Waals surface area (Å²) in [7, 11) is 0. The Hall–Kier alpha value is -2.82. The number of hydrogen-bond donors (Lipinski definition) is 2. The highest BCUT2D eigenvalue weighted by atomic mass is 16.2. The quantitative estimate of drug-likeness (QED) is 0.618. The van der Waals surface area contributed by atoms with Crippen LogP contribution in [0.5, 0.6) is 0 Å². The van der Waals surface area contributed by atoms with Gasteiger partial charge in [0.1, 0.15) is 6.54 Å². The van der Waals surface area contributed by atoms with E-state index >= 15 is 0 Å². The van der Waals surface area contributed by atoms with Gasteiger partial charge in [-0.15, -0.1) is 0 Å². The number of benzene rings is 2. The third-order valence-corrected chi connectivity index (χ3v) is 5.21. The van der Waals surface area contributed by atoms with Gasteiger partial charge in [-0.05, 0) is 67.9 Å². The van der Waals surface area contributed by atoms with Gasteiger partial charge in [-0.2, -0.15) is 0 Å². The van der Waals surface area contributed by atoms with Crippen LogP contribution in [0.25, 0.3) is 0 Å². The van der Waals surface area contributed by atoms with E-state index in [1.54, 1.807) is 0 Å². The Balaban J connectivity index is 1.45. The van der Waals surface area contributed by atoms with E-state index in [0.29, 0.717) is 5.92 Å². The summed E-state index contributed by atoms with van der Waals surface area (Å²) >= 11 is 0. The Morgan fingerprint density at radius 2 is 1.75 bits per heavy atom. The average molecular weight is 379 g/mol. The molecule has 0 unspecified atom stereocenters. The topological polar surface area (TPSA) is 70.7 Å². The van der Waals surface area contributed by atoms with Gasteiger partial charge in [-0.3, -0.25) is 4.79 Å². The Morgan fingerprint density at radius 3 is 2.39 bits per heavy atom. The van der Waals surface area contributed by atoms with Crippen molar-refractivity contribution in [3.8, 4) is 0 Å². The molecular formula is C23H30N4O. The maximum absolute atomic E-state index is 12.5. The van der Waals surface area contributed by atoms with E-state index in [2.05, 4.69) is 40.6 Å². The molecule has 1 fully saturated rings. The normalized spacial score (nSPS) is 15.5. The Morgan fingerprint density at radius 1 is 1.11 bits per heavy atom. The molecule has 5 nitrogen and oxygen atoms in total. The van der Waals surface area contributed by atoms with Gasteiger partial charge in [0.15, 0.2) is 5.96 Å². The molecule has 2 aromatic rings. The van der Waals surface area contributed by atoms with Gasteiger partial charge in [-0.25, -0.2) is 4.99 Å². The number of nitrogens with one attached hydrogen (secondary N) is 1. The fourth-order valence-electron chi connectivity index (χ4n) is 3.82. The van der Waals surface area contributed by atoms with E-state index in [1.807, 2.05) is 36.9 Å². The Labute approximate surface area is 167 Å². The number of nitrogens with zero attached hydrogens (tertiary/aromatic N) is 2. The summed E-state index contributed by atoms with van der Waals surface area (Å²) in [5.41, 5.74) is 10.5. The van der Waals surface area contributed by atoms with Crippen LogP contribution in [0.4, 0.5) is 5.69 Å². The Bertz CT molecular complexity index is 804. The van der Waals surface area contributed by atoms with Crippen LogP contribution in [0, 0.1) is 19.8 Å². The third-order valence-electron chi connectivity index (χ3n) is 5.21. The molecule has 3 N–H and O–H groups in total. The molecular weight excluding hydrogens is 348 g/mol. The van der Waals surface area contributed by atoms with Crippen LogP contribution in [0.3, 0.4) is 0 Å². The zero-order valence-electron chi connectivity index (χ0n) is 16.8. The summed E-state index contributed by atoms with van der Waals surface area (Å²) < 4.78 is 0. The zero-order valence-corrected chi connectivity index (χ0v) is 16.8. The number of carbonyl (C=O) groups is 1. The highest BCUT2D eigenvalue weighted by molar-refractivity contribution is 5.94. The molecule has 0 aromatic heterocycles. The van der Waals surface area contributed by atoms with Crippen LogP contribution >= 0.6 is 0 Å². The summed E-state index contributed by atoms with van der Waals surface area (Å²) in [5.74, 6) is 0.965. The van der Waals surface area contributed by atoms with Crippen molar-refractivity contribution in [3.05, 3.63) is 65.2 Å². The van der Waals surface area contributed by atoms with E-state index in [1.165, 1.54) is 5.56 Å². The number of anilines is 1. The van der Waals surface area contributed by atoms with Crippen LogP contribution in [0.1, 0.15) is 29.5 Å². The van der Waals surface area contributed by atoms with Crippen LogP contribution in [0.15, 0.2) is 53.5 Å². The number of carbonyl (C=O) groups excluding carboxylic acids is 1. The lowest BCUT2D eigenvalue weighted by Crippen LogP contribution is -2.40. The first-order valence-corrected chi connectivity index (χ1v) is 9.96. The van der Waals surface area contributed by atoms with Gasteiger partial charge in [-0.1, -0.05) is 36.4 Å². The van der Waals surface area contributed by atoms with Crippen molar-refractivity contribution in [2.24, 2.45) is 16.6 Å². The van der Waals surface area contributed by atoms with Gasteiger partial charge >= 0.3 is 0 Å². The number of guanidine groups is 1. The van der Waals surface area contributed by atoms with Gasteiger partial charge in [0.2, 0.25) is 5.91 Å². The maximum atomic E-state index is 12.5. The van der Waals surface area contributed by atoms with Crippen LogP contribution < -0.4 is 11.1 Å². The maximum Gasteiger partial charge on any atom is 0.244 e. The molecule has 5 heteroatoms. The molecule has 0 radical (unpaired) electrons. The fraction of sp³-hybridized carbons (Fsp3) is 0.391. The second-order valence-electron chi connectivity index (χ2n) is 7.72. The first kappa shape index (κ1) is 19.9. The average Bonchev–Trinajstić information content (AvgIpc) is 2.67. The fourth-order valence-corrected chi connectivity index (χ4v) is 3.82. The van der Waals surface area contributed by atoms with Crippen LogP contribution in [-0.4, -0.2) is 36.4 Å². The number of rotatable bonds is 5. The molecule has 1 heterocycles. The molecule has 0 bridgehead atoms. The monoisotopic (exact) mass is 378 g/mol. The number of piperidine rings is 1. The molecule has 0 saturated carbocycles. The van der Waals surface area contributed by atoms with E-state index < -0.39 is 0 Å². The number of amides is 1. The Kier molecular flexibility index (Phi) is 6.69. The molecule has 2 aromatic carbocycles. The summed E-state index contributed by atoms with van der Waals surface area (Å²) in [6.07, 6.45) is 3.18. The summed E-state index contributed by atoms with van der Waals surface area (Å²) in [4.78, 5) is 18.6. The van der Waals surface area contributed by atoms with E-state index in [0.717, 1.165) is 49.2 Å². The van der Waals surface area contributed by atoms with Gasteiger partial charge in [0.25, 0.3) is 0 Å². The number of hydrogen-bond acceptors (Lipinski definition) is 2. The van der Waals surface area contributed by atoms with E-state index in [4.69, 9.17) is 5.73 Å². The zero-order chi connectivity index (χ0) is 19.9. The molecule has 3 rings (SSSR count). The van der Waals surface area contributed by atoms with E-state index in [-0.39, 0.29) is 18.4 Å². The molecule has 1 saturated heterocycles. The van der Waals surface area contributed by atoms with Gasteiger partial charge in [0.05, 0.1) is 0 Å². The van der Waals surface area contributed by atoms with Crippen LogP contribution in [0.2, 0.25) is 0 Å². The SMILES string of the molecule is Cc1cc(C)cc(NC(N)=NCC(=O)N2CCC(Cc3ccccc3)CC2)c1. The minimum absolute atomic E-state index is 0.0448. The second kappa shape index (κ2) is 9.40. The number of aryl methyl sites for hydroxylation is 2. The van der Waals surface area contributed by atoms with Crippen LogP contribution in [-0.2, 0) is 11.2 Å².